The predicted molar refractivity (Wildman–Crippen MR) is 107 cm³/mol. The number of nitrogens with zero attached hydrogens (tertiary/aromatic N) is 2. The molecule has 7 heteroatoms. The van der Waals surface area contributed by atoms with E-state index in [2.05, 4.69) is 11.0 Å². The number of thiophene rings is 1. The van der Waals surface area contributed by atoms with Gasteiger partial charge in [-0.2, -0.15) is 0 Å². The minimum absolute atomic E-state index is 0.0583. The molecule has 0 spiro atoms. The highest BCUT2D eigenvalue weighted by atomic mass is 35.5. The molecule has 1 aliphatic rings. The largest absolute Gasteiger partial charge is 0.451 e. The van der Waals surface area contributed by atoms with Crippen LogP contribution in [-0.2, 0) is 17.9 Å². The van der Waals surface area contributed by atoms with Crippen molar-refractivity contribution in [3.05, 3.63) is 56.9 Å². The standard InChI is InChI=1S/C20H21ClN2O3S/c1-25-13-16-15-4-2-3-5-17(15)26-19(16)20(24)23-10-8-22(9-11-23)12-14-6-7-18(21)27-14/h2-7H,8-13H2,1H3. The molecule has 0 aliphatic carbocycles. The minimum Gasteiger partial charge on any atom is -0.451 e. The fraction of sp³-hybridized carbons (Fsp3) is 0.350. The van der Waals surface area contributed by atoms with Gasteiger partial charge in [-0.1, -0.05) is 29.8 Å². The fourth-order valence-electron chi connectivity index (χ4n) is 3.47. The Kier molecular flexibility index (Phi) is 5.50. The molecule has 27 heavy (non-hydrogen) atoms. The van der Waals surface area contributed by atoms with Crippen LogP contribution < -0.4 is 0 Å². The molecule has 1 aromatic carbocycles. The number of fused-ring (bicyclic) bond motifs is 1. The summed E-state index contributed by atoms with van der Waals surface area (Å²) >= 11 is 7.62. The number of carbonyl (C=O) groups excluding carboxylic acids is 1. The topological polar surface area (TPSA) is 45.9 Å². The van der Waals surface area contributed by atoms with Gasteiger partial charge in [-0.05, 0) is 18.2 Å². The van der Waals surface area contributed by atoms with Crippen LogP contribution in [0.2, 0.25) is 4.34 Å². The summed E-state index contributed by atoms with van der Waals surface area (Å²) in [7, 11) is 1.63. The lowest BCUT2D eigenvalue weighted by Gasteiger charge is -2.34. The summed E-state index contributed by atoms with van der Waals surface area (Å²) in [5.41, 5.74) is 1.55. The van der Waals surface area contributed by atoms with Gasteiger partial charge in [0, 0.05) is 55.7 Å². The van der Waals surface area contributed by atoms with Crippen LogP contribution >= 0.6 is 22.9 Å². The first-order valence-electron chi connectivity index (χ1n) is 8.91. The molecule has 3 aromatic rings. The van der Waals surface area contributed by atoms with Gasteiger partial charge in [0.15, 0.2) is 5.76 Å². The fourth-order valence-corrected chi connectivity index (χ4v) is 4.60. The first kappa shape index (κ1) is 18.5. The van der Waals surface area contributed by atoms with Gasteiger partial charge in [-0.25, -0.2) is 0 Å². The summed E-state index contributed by atoms with van der Waals surface area (Å²) in [5, 5.41) is 0.941. The van der Waals surface area contributed by atoms with E-state index in [0.29, 0.717) is 25.5 Å². The molecule has 142 valence electrons. The second kappa shape index (κ2) is 8.02. The lowest BCUT2D eigenvalue weighted by Crippen LogP contribution is -2.48. The van der Waals surface area contributed by atoms with Crippen molar-refractivity contribution in [1.29, 1.82) is 0 Å². The van der Waals surface area contributed by atoms with E-state index in [9.17, 15) is 4.79 Å². The second-order valence-electron chi connectivity index (χ2n) is 6.61. The molecule has 0 saturated carbocycles. The van der Waals surface area contributed by atoms with Crippen LogP contribution in [0.25, 0.3) is 11.0 Å². The summed E-state index contributed by atoms with van der Waals surface area (Å²) < 4.78 is 12.0. The third-order valence-electron chi connectivity index (χ3n) is 4.85. The number of amides is 1. The Morgan fingerprint density at radius 2 is 1.96 bits per heavy atom. The molecule has 4 rings (SSSR count). The van der Waals surface area contributed by atoms with Crippen molar-refractivity contribution in [3.8, 4) is 0 Å². The number of para-hydroxylation sites is 1. The third kappa shape index (κ3) is 3.89. The zero-order valence-electron chi connectivity index (χ0n) is 15.1. The average molecular weight is 405 g/mol. The highest BCUT2D eigenvalue weighted by Crippen LogP contribution is 2.28. The van der Waals surface area contributed by atoms with Gasteiger partial charge in [-0.15, -0.1) is 11.3 Å². The van der Waals surface area contributed by atoms with Crippen LogP contribution in [0.1, 0.15) is 21.0 Å². The monoisotopic (exact) mass is 404 g/mol. The number of halogens is 1. The van der Waals surface area contributed by atoms with E-state index in [1.807, 2.05) is 35.2 Å². The SMILES string of the molecule is COCc1c(C(=O)N2CCN(Cc3ccc(Cl)s3)CC2)oc2ccccc12. The Balaban J connectivity index is 1.46. The van der Waals surface area contributed by atoms with E-state index >= 15 is 0 Å². The van der Waals surface area contributed by atoms with Crippen LogP contribution in [0.3, 0.4) is 0 Å². The quantitative estimate of drug-likeness (QED) is 0.637. The van der Waals surface area contributed by atoms with Crippen molar-refractivity contribution in [3.63, 3.8) is 0 Å². The molecule has 5 nitrogen and oxygen atoms in total. The molecular formula is C20H21ClN2O3S. The molecule has 3 heterocycles. The molecule has 1 saturated heterocycles. The van der Waals surface area contributed by atoms with E-state index in [1.54, 1.807) is 18.4 Å². The minimum atomic E-state index is -0.0583. The second-order valence-corrected chi connectivity index (χ2v) is 8.41. The summed E-state index contributed by atoms with van der Waals surface area (Å²) in [6.45, 7) is 4.27. The van der Waals surface area contributed by atoms with E-state index in [0.717, 1.165) is 40.5 Å². The van der Waals surface area contributed by atoms with Crippen molar-refractivity contribution >= 4 is 39.8 Å². The number of hydrogen-bond donors (Lipinski definition) is 0. The molecule has 0 radical (unpaired) electrons. The first-order valence-corrected chi connectivity index (χ1v) is 10.1. The van der Waals surface area contributed by atoms with Gasteiger partial charge < -0.3 is 14.1 Å². The summed E-state index contributed by atoms with van der Waals surface area (Å²) in [6, 6.07) is 11.7. The van der Waals surface area contributed by atoms with Crippen LogP contribution in [0.4, 0.5) is 0 Å². The lowest BCUT2D eigenvalue weighted by molar-refractivity contribution is 0.0595. The zero-order valence-corrected chi connectivity index (χ0v) is 16.7. The smallest absolute Gasteiger partial charge is 0.290 e. The number of hydrogen-bond acceptors (Lipinski definition) is 5. The van der Waals surface area contributed by atoms with Gasteiger partial charge in [0.2, 0.25) is 0 Å². The maximum Gasteiger partial charge on any atom is 0.290 e. The Bertz CT molecular complexity index is 944. The summed E-state index contributed by atoms with van der Waals surface area (Å²) in [6.07, 6.45) is 0. The Labute approximate surface area is 167 Å². The molecule has 1 aliphatic heterocycles. The Hall–Kier alpha value is -1.86. The van der Waals surface area contributed by atoms with E-state index in [-0.39, 0.29) is 5.91 Å². The van der Waals surface area contributed by atoms with E-state index in [1.165, 1.54) is 4.88 Å². The van der Waals surface area contributed by atoms with Crippen molar-refractivity contribution in [2.45, 2.75) is 13.2 Å². The molecule has 1 fully saturated rings. The van der Waals surface area contributed by atoms with Gasteiger partial charge in [0.25, 0.3) is 5.91 Å². The van der Waals surface area contributed by atoms with Crippen LogP contribution in [0.5, 0.6) is 0 Å². The zero-order chi connectivity index (χ0) is 18.8. The van der Waals surface area contributed by atoms with Gasteiger partial charge in [0.1, 0.15) is 5.58 Å². The molecule has 2 aromatic heterocycles. The first-order chi connectivity index (χ1) is 13.2. The van der Waals surface area contributed by atoms with Crippen molar-refractivity contribution in [1.82, 2.24) is 9.80 Å². The number of methoxy groups -OCH3 is 1. The highest BCUT2D eigenvalue weighted by molar-refractivity contribution is 7.16. The molecule has 1 amide bonds. The number of piperazine rings is 1. The van der Waals surface area contributed by atoms with Crippen LogP contribution in [-0.4, -0.2) is 49.0 Å². The Morgan fingerprint density at radius 3 is 2.67 bits per heavy atom. The Morgan fingerprint density at radius 1 is 1.19 bits per heavy atom. The number of ether oxygens (including phenoxy) is 1. The van der Waals surface area contributed by atoms with Crippen molar-refractivity contribution < 1.29 is 13.9 Å². The molecule has 0 atom stereocenters. The maximum atomic E-state index is 13.1. The molecular weight excluding hydrogens is 384 g/mol. The normalized spacial score (nSPS) is 15.6. The predicted octanol–water partition coefficient (Wildman–Crippen LogP) is 4.25. The van der Waals surface area contributed by atoms with Crippen LogP contribution in [0.15, 0.2) is 40.8 Å². The molecule has 0 N–H and O–H groups in total. The van der Waals surface area contributed by atoms with Gasteiger partial charge in [0.05, 0.1) is 10.9 Å². The van der Waals surface area contributed by atoms with E-state index < -0.39 is 0 Å². The van der Waals surface area contributed by atoms with Gasteiger partial charge in [-0.3, -0.25) is 9.69 Å². The van der Waals surface area contributed by atoms with E-state index in [4.69, 9.17) is 20.8 Å². The average Bonchev–Trinajstić information content (AvgIpc) is 3.26. The molecule has 0 unspecified atom stereocenters. The summed E-state index contributed by atoms with van der Waals surface area (Å²) in [5.74, 6) is 0.341. The number of carbonyl (C=O) groups is 1. The maximum absolute atomic E-state index is 13.1. The summed E-state index contributed by atoms with van der Waals surface area (Å²) in [4.78, 5) is 18.5. The number of furan rings is 1. The molecule has 0 bridgehead atoms. The number of benzene rings is 1. The van der Waals surface area contributed by atoms with Gasteiger partial charge >= 0.3 is 0 Å². The van der Waals surface area contributed by atoms with Crippen molar-refractivity contribution in [2.75, 3.05) is 33.3 Å². The highest BCUT2D eigenvalue weighted by Gasteiger charge is 2.28. The number of rotatable bonds is 5. The third-order valence-corrected chi connectivity index (χ3v) is 6.06. The van der Waals surface area contributed by atoms with Crippen LogP contribution in [0, 0.1) is 0 Å². The van der Waals surface area contributed by atoms with Crippen molar-refractivity contribution in [2.24, 2.45) is 0 Å². The lowest BCUT2D eigenvalue weighted by atomic mass is 10.1.